The predicted molar refractivity (Wildman–Crippen MR) is 83.3 cm³/mol. The van der Waals surface area contributed by atoms with E-state index in [1.54, 1.807) is 0 Å². The van der Waals surface area contributed by atoms with Crippen LogP contribution in [-0.2, 0) is 0 Å². The molecule has 0 heterocycles. The second-order valence-corrected chi connectivity index (χ2v) is 5.27. The summed E-state index contributed by atoms with van der Waals surface area (Å²) in [6.45, 7) is 4.18. The number of anilines is 1. The molecule has 0 aromatic heterocycles. The number of carbonyl (C=O) groups is 1. The van der Waals surface area contributed by atoms with E-state index < -0.39 is 0 Å². The van der Waals surface area contributed by atoms with Crippen LogP contribution in [0.25, 0.3) is 0 Å². The van der Waals surface area contributed by atoms with Gasteiger partial charge in [-0.15, -0.1) is 0 Å². The van der Waals surface area contributed by atoms with Gasteiger partial charge in [0.05, 0.1) is 12.1 Å². The SMILES string of the molecule is Cc1ccc(N(C)CC(=O)c2ccc(O)cc2O)c(C)c1. The van der Waals surface area contributed by atoms with Crippen LogP contribution in [-0.4, -0.2) is 29.6 Å². The molecule has 0 saturated heterocycles. The van der Waals surface area contributed by atoms with Gasteiger partial charge in [0.1, 0.15) is 11.5 Å². The lowest BCUT2D eigenvalue weighted by atomic mass is 10.1. The van der Waals surface area contributed by atoms with E-state index >= 15 is 0 Å². The first kappa shape index (κ1) is 14.9. The molecule has 2 N–H and O–H groups in total. The van der Waals surface area contributed by atoms with Crippen LogP contribution in [0.15, 0.2) is 36.4 Å². The summed E-state index contributed by atoms with van der Waals surface area (Å²) >= 11 is 0. The highest BCUT2D eigenvalue weighted by Crippen LogP contribution is 2.24. The fraction of sp³-hybridized carbons (Fsp3) is 0.235. The summed E-state index contributed by atoms with van der Waals surface area (Å²) in [4.78, 5) is 14.1. The first-order valence-corrected chi connectivity index (χ1v) is 6.72. The Labute approximate surface area is 124 Å². The fourth-order valence-electron chi connectivity index (χ4n) is 2.38. The van der Waals surface area contributed by atoms with E-state index in [1.807, 2.05) is 37.9 Å². The minimum Gasteiger partial charge on any atom is -0.508 e. The molecule has 0 spiro atoms. The number of aryl methyl sites for hydroxylation is 2. The highest BCUT2D eigenvalue weighted by Gasteiger charge is 2.15. The summed E-state index contributed by atoms with van der Waals surface area (Å²) in [5.41, 5.74) is 3.46. The lowest BCUT2D eigenvalue weighted by molar-refractivity contribution is 0.0998. The van der Waals surface area contributed by atoms with Crippen LogP contribution in [0.2, 0.25) is 0 Å². The van der Waals surface area contributed by atoms with Gasteiger partial charge in [0, 0.05) is 18.8 Å². The van der Waals surface area contributed by atoms with E-state index in [-0.39, 0.29) is 29.4 Å². The second kappa shape index (κ2) is 5.87. The molecular formula is C17H19NO3. The van der Waals surface area contributed by atoms with Crippen LogP contribution in [0.5, 0.6) is 11.5 Å². The topological polar surface area (TPSA) is 60.8 Å². The molecule has 0 atom stereocenters. The summed E-state index contributed by atoms with van der Waals surface area (Å²) in [5, 5.41) is 19.0. The number of nitrogens with zero attached hydrogens (tertiary/aromatic N) is 1. The van der Waals surface area contributed by atoms with E-state index in [9.17, 15) is 15.0 Å². The molecule has 0 unspecified atom stereocenters. The molecule has 0 saturated carbocycles. The third kappa shape index (κ3) is 3.34. The molecule has 2 aromatic carbocycles. The number of Topliss-reactive ketones (excluding diaryl/α,β-unsaturated/α-hetero) is 1. The van der Waals surface area contributed by atoms with Crippen LogP contribution in [0.4, 0.5) is 5.69 Å². The van der Waals surface area contributed by atoms with Gasteiger partial charge in [-0.1, -0.05) is 17.7 Å². The average Bonchev–Trinajstić information content (AvgIpc) is 2.37. The highest BCUT2D eigenvalue weighted by atomic mass is 16.3. The quantitative estimate of drug-likeness (QED) is 0.848. The zero-order chi connectivity index (χ0) is 15.6. The number of rotatable bonds is 4. The number of phenols is 2. The molecule has 0 bridgehead atoms. The monoisotopic (exact) mass is 285 g/mol. The van der Waals surface area contributed by atoms with E-state index in [0.717, 1.165) is 11.3 Å². The van der Waals surface area contributed by atoms with Gasteiger partial charge in [0.15, 0.2) is 5.78 Å². The number of likely N-dealkylation sites (N-methyl/N-ethyl adjacent to an activating group) is 1. The Kier molecular flexibility index (Phi) is 4.17. The zero-order valence-electron chi connectivity index (χ0n) is 12.4. The molecule has 0 fully saturated rings. The Balaban J connectivity index is 2.18. The molecule has 21 heavy (non-hydrogen) atoms. The average molecular weight is 285 g/mol. The van der Waals surface area contributed by atoms with Crippen molar-refractivity contribution in [3.63, 3.8) is 0 Å². The van der Waals surface area contributed by atoms with Crippen LogP contribution in [0.3, 0.4) is 0 Å². The fourth-order valence-corrected chi connectivity index (χ4v) is 2.38. The number of aromatic hydroxyl groups is 2. The minimum atomic E-state index is -0.200. The van der Waals surface area contributed by atoms with Crippen LogP contribution < -0.4 is 4.90 Å². The highest BCUT2D eigenvalue weighted by molar-refractivity contribution is 6.01. The van der Waals surface area contributed by atoms with E-state index in [1.165, 1.54) is 23.8 Å². The van der Waals surface area contributed by atoms with Crippen LogP contribution in [0.1, 0.15) is 21.5 Å². The van der Waals surface area contributed by atoms with Crippen molar-refractivity contribution in [2.75, 3.05) is 18.5 Å². The molecule has 2 aromatic rings. The molecule has 110 valence electrons. The van der Waals surface area contributed by atoms with Gasteiger partial charge in [-0.3, -0.25) is 4.79 Å². The first-order valence-electron chi connectivity index (χ1n) is 6.72. The van der Waals surface area contributed by atoms with Gasteiger partial charge in [0.2, 0.25) is 0 Å². The molecule has 2 rings (SSSR count). The predicted octanol–water partition coefficient (Wildman–Crippen LogP) is 3.03. The Morgan fingerprint density at radius 2 is 1.81 bits per heavy atom. The van der Waals surface area contributed by atoms with Crippen molar-refractivity contribution in [1.29, 1.82) is 0 Å². The van der Waals surface area contributed by atoms with Gasteiger partial charge in [-0.25, -0.2) is 0 Å². The molecule has 4 nitrogen and oxygen atoms in total. The maximum atomic E-state index is 12.3. The van der Waals surface area contributed by atoms with Crippen molar-refractivity contribution in [2.24, 2.45) is 0 Å². The number of hydrogen-bond acceptors (Lipinski definition) is 4. The molecular weight excluding hydrogens is 266 g/mol. The number of ketones is 1. The number of benzene rings is 2. The third-order valence-electron chi connectivity index (χ3n) is 3.43. The summed E-state index contributed by atoms with van der Waals surface area (Å²) in [6.07, 6.45) is 0. The molecule has 0 aliphatic rings. The Bertz CT molecular complexity index is 680. The van der Waals surface area contributed by atoms with Crippen molar-refractivity contribution in [2.45, 2.75) is 13.8 Å². The van der Waals surface area contributed by atoms with Gasteiger partial charge in [-0.2, -0.15) is 0 Å². The number of hydrogen-bond donors (Lipinski definition) is 2. The number of phenolic OH excluding ortho intramolecular Hbond substituents is 2. The normalized spacial score (nSPS) is 10.4. The Morgan fingerprint density at radius 1 is 1.10 bits per heavy atom. The third-order valence-corrected chi connectivity index (χ3v) is 3.43. The van der Waals surface area contributed by atoms with Crippen LogP contribution in [0, 0.1) is 13.8 Å². The maximum absolute atomic E-state index is 12.3. The second-order valence-electron chi connectivity index (χ2n) is 5.27. The van der Waals surface area contributed by atoms with Crippen molar-refractivity contribution in [3.8, 4) is 11.5 Å². The lowest BCUT2D eigenvalue weighted by Gasteiger charge is -2.21. The van der Waals surface area contributed by atoms with Crippen molar-refractivity contribution >= 4 is 11.5 Å². The van der Waals surface area contributed by atoms with E-state index in [0.29, 0.717) is 0 Å². The van der Waals surface area contributed by atoms with E-state index in [2.05, 4.69) is 6.07 Å². The van der Waals surface area contributed by atoms with Gasteiger partial charge in [0.25, 0.3) is 0 Å². The Hall–Kier alpha value is -2.49. The first-order chi connectivity index (χ1) is 9.88. The summed E-state index contributed by atoms with van der Waals surface area (Å²) < 4.78 is 0. The smallest absolute Gasteiger partial charge is 0.185 e. The van der Waals surface area contributed by atoms with Crippen molar-refractivity contribution in [1.82, 2.24) is 0 Å². The van der Waals surface area contributed by atoms with Crippen LogP contribution >= 0.6 is 0 Å². The molecule has 0 aliphatic carbocycles. The van der Waals surface area contributed by atoms with Gasteiger partial charge >= 0.3 is 0 Å². The standard InChI is InChI=1S/C17H19NO3/c1-11-4-7-15(12(2)8-11)18(3)10-17(21)14-6-5-13(19)9-16(14)20/h4-9,19-20H,10H2,1-3H3. The molecule has 0 amide bonds. The lowest BCUT2D eigenvalue weighted by Crippen LogP contribution is -2.26. The van der Waals surface area contributed by atoms with Gasteiger partial charge < -0.3 is 15.1 Å². The van der Waals surface area contributed by atoms with Crippen molar-refractivity contribution in [3.05, 3.63) is 53.1 Å². The van der Waals surface area contributed by atoms with E-state index in [4.69, 9.17) is 0 Å². The number of carbonyl (C=O) groups excluding carboxylic acids is 1. The summed E-state index contributed by atoms with van der Waals surface area (Å²) in [6, 6.07) is 10.0. The van der Waals surface area contributed by atoms with Crippen molar-refractivity contribution < 1.29 is 15.0 Å². The summed E-state index contributed by atoms with van der Waals surface area (Å²) in [7, 11) is 1.84. The van der Waals surface area contributed by atoms with Gasteiger partial charge in [-0.05, 0) is 37.6 Å². The molecule has 0 radical (unpaired) electrons. The zero-order valence-corrected chi connectivity index (χ0v) is 12.4. The largest absolute Gasteiger partial charge is 0.508 e. The summed E-state index contributed by atoms with van der Waals surface area (Å²) in [5.74, 6) is -0.462. The minimum absolute atomic E-state index is 0.0632. The Morgan fingerprint density at radius 3 is 2.43 bits per heavy atom. The maximum Gasteiger partial charge on any atom is 0.185 e. The molecule has 0 aliphatic heterocycles. The molecule has 4 heteroatoms.